The van der Waals surface area contributed by atoms with Crippen molar-refractivity contribution < 1.29 is 22.7 Å². The molecule has 0 aromatic heterocycles. The summed E-state index contributed by atoms with van der Waals surface area (Å²) >= 11 is 0. The molecule has 0 bridgehead atoms. The molecule has 1 saturated heterocycles. The molecule has 38 heavy (non-hydrogen) atoms. The van der Waals surface area contributed by atoms with Crippen LogP contribution in [0.3, 0.4) is 0 Å². The molecule has 1 N–H and O–H groups in total. The second-order valence-electron chi connectivity index (χ2n) is 10.3. The molecule has 1 fully saturated rings. The van der Waals surface area contributed by atoms with Gasteiger partial charge in [-0.3, -0.25) is 9.59 Å². The van der Waals surface area contributed by atoms with Gasteiger partial charge >= 0.3 is 0 Å². The van der Waals surface area contributed by atoms with E-state index >= 15 is 0 Å². The Morgan fingerprint density at radius 2 is 1.58 bits per heavy atom. The number of amides is 2. The van der Waals surface area contributed by atoms with Crippen LogP contribution in [0.1, 0.15) is 57.6 Å². The van der Waals surface area contributed by atoms with Crippen molar-refractivity contribution in [2.24, 2.45) is 5.92 Å². The SMILES string of the molecule is COc1ccc(CN(C(=O)CCc2ccc(S(=O)(=O)N3CCCC3)cc2)[C@H](C)C(=O)NCCC(C)C)cc1. The number of carbonyl (C=O) groups excluding carboxylic acids is 2. The maximum absolute atomic E-state index is 13.4. The highest BCUT2D eigenvalue weighted by Crippen LogP contribution is 2.22. The molecule has 0 spiro atoms. The Bertz CT molecular complexity index is 1160. The van der Waals surface area contributed by atoms with E-state index in [0.717, 1.165) is 36.1 Å². The van der Waals surface area contributed by atoms with Crippen molar-refractivity contribution in [1.82, 2.24) is 14.5 Å². The quantitative estimate of drug-likeness (QED) is 0.412. The molecule has 1 atom stereocenters. The van der Waals surface area contributed by atoms with Gasteiger partial charge in [-0.1, -0.05) is 38.1 Å². The molecule has 3 rings (SSSR count). The molecule has 2 aromatic carbocycles. The summed E-state index contributed by atoms with van der Waals surface area (Å²) < 4.78 is 32.3. The smallest absolute Gasteiger partial charge is 0.243 e. The molecule has 1 aliphatic heterocycles. The molecule has 2 amide bonds. The summed E-state index contributed by atoms with van der Waals surface area (Å²) in [6.07, 6.45) is 3.30. The summed E-state index contributed by atoms with van der Waals surface area (Å²) in [5, 5.41) is 2.96. The van der Waals surface area contributed by atoms with Crippen LogP contribution in [0.25, 0.3) is 0 Å². The van der Waals surface area contributed by atoms with Gasteiger partial charge in [0.2, 0.25) is 21.8 Å². The fourth-order valence-electron chi connectivity index (χ4n) is 4.44. The minimum atomic E-state index is -3.47. The first kappa shape index (κ1) is 29.6. The normalized spacial score (nSPS) is 14.9. The Balaban J connectivity index is 1.68. The number of nitrogens with one attached hydrogen (secondary N) is 1. The van der Waals surface area contributed by atoms with E-state index in [1.54, 1.807) is 43.2 Å². The number of nitrogens with zero attached hydrogens (tertiary/aromatic N) is 2. The number of ether oxygens (including phenoxy) is 1. The summed E-state index contributed by atoms with van der Waals surface area (Å²) in [4.78, 5) is 28.2. The standard InChI is InChI=1S/C29H41N3O5S/c1-22(2)17-18-30-29(34)23(3)32(21-25-7-12-26(37-4)13-8-25)28(33)16-11-24-9-14-27(15-10-24)38(35,36)31-19-5-6-20-31/h7-10,12-15,22-23H,5-6,11,16-21H2,1-4H3,(H,30,34)/t23-/m1/s1. The fraction of sp³-hybridized carbons (Fsp3) is 0.517. The highest BCUT2D eigenvalue weighted by molar-refractivity contribution is 7.89. The zero-order valence-electron chi connectivity index (χ0n) is 23.0. The van der Waals surface area contributed by atoms with Crippen molar-refractivity contribution >= 4 is 21.8 Å². The van der Waals surface area contributed by atoms with Crippen molar-refractivity contribution in [3.8, 4) is 5.75 Å². The van der Waals surface area contributed by atoms with Gasteiger partial charge in [0.05, 0.1) is 12.0 Å². The van der Waals surface area contributed by atoms with Gasteiger partial charge in [-0.2, -0.15) is 4.31 Å². The van der Waals surface area contributed by atoms with Gasteiger partial charge in [-0.05, 0) is 73.9 Å². The van der Waals surface area contributed by atoms with E-state index in [2.05, 4.69) is 19.2 Å². The van der Waals surface area contributed by atoms with E-state index in [-0.39, 0.29) is 23.1 Å². The van der Waals surface area contributed by atoms with E-state index in [1.807, 2.05) is 24.3 Å². The number of methoxy groups -OCH3 is 1. The number of benzene rings is 2. The predicted octanol–water partition coefficient (Wildman–Crippen LogP) is 3.99. The summed E-state index contributed by atoms with van der Waals surface area (Å²) in [7, 11) is -1.87. The monoisotopic (exact) mass is 543 g/mol. The number of aryl methyl sites for hydroxylation is 1. The molecule has 0 radical (unpaired) electrons. The van der Waals surface area contributed by atoms with Crippen LogP contribution in [-0.2, 0) is 32.6 Å². The maximum atomic E-state index is 13.4. The van der Waals surface area contributed by atoms with Gasteiger partial charge in [0.15, 0.2) is 0 Å². The van der Waals surface area contributed by atoms with Gasteiger partial charge in [0, 0.05) is 32.6 Å². The number of hydrogen-bond donors (Lipinski definition) is 1. The van der Waals surface area contributed by atoms with Crippen LogP contribution in [-0.4, -0.2) is 62.2 Å². The highest BCUT2D eigenvalue weighted by atomic mass is 32.2. The van der Waals surface area contributed by atoms with E-state index in [0.29, 0.717) is 38.5 Å². The molecule has 2 aromatic rings. The van der Waals surface area contributed by atoms with Crippen LogP contribution in [0.4, 0.5) is 0 Å². The van der Waals surface area contributed by atoms with E-state index < -0.39 is 16.1 Å². The molecule has 9 heteroatoms. The first-order chi connectivity index (χ1) is 18.1. The van der Waals surface area contributed by atoms with Crippen molar-refractivity contribution in [3.63, 3.8) is 0 Å². The number of hydrogen-bond acceptors (Lipinski definition) is 5. The van der Waals surface area contributed by atoms with Crippen LogP contribution >= 0.6 is 0 Å². The van der Waals surface area contributed by atoms with Gasteiger partial charge in [0.1, 0.15) is 11.8 Å². The van der Waals surface area contributed by atoms with E-state index in [1.165, 1.54) is 4.31 Å². The maximum Gasteiger partial charge on any atom is 0.243 e. The lowest BCUT2D eigenvalue weighted by molar-refractivity contribution is -0.140. The Labute approximate surface area is 227 Å². The summed E-state index contributed by atoms with van der Waals surface area (Å²) in [6.45, 7) is 7.95. The van der Waals surface area contributed by atoms with Crippen molar-refractivity contribution in [2.75, 3.05) is 26.7 Å². The fourth-order valence-corrected chi connectivity index (χ4v) is 5.96. The van der Waals surface area contributed by atoms with Crippen molar-refractivity contribution in [1.29, 1.82) is 0 Å². The number of sulfonamides is 1. The number of carbonyl (C=O) groups is 2. The second kappa shape index (κ2) is 13.8. The van der Waals surface area contributed by atoms with Crippen LogP contribution in [0.15, 0.2) is 53.4 Å². The summed E-state index contributed by atoms with van der Waals surface area (Å²) in [6, 6.07) is 13.6. The third-order valence-corrected chi connectivity index (χ3v) is 8.87. The topological polar surface area (TPSA) is 96.0 Å². The molecule has 0 unspecified atom stereocenters. The Morgan fingerprint density at radius 3 is 2.16 bits per heavy atom. The lowest BCUT2D eigenvalue weighted by Crippen LogP contribution is -2.48. The third kappa shape index (κ3) is 8.04. The first-order valence-corrected chi connectivity index (χ1v) is 14.8. The largest absolute Gasteiger partial charge is 0.497 e. The predicted molar refractivity (Wildman–Crippen MR) is 148 cm³/mol. The first-order valence-electron chi connectivity index (χ1n) is 13.4. The zero-order chi connectivity index (χ0) is 27.7. The zero-order valence-corrected chi connectivity index (χ0v) is 23.8. The third-order valence-electron chi connectivity index (χ3n) is 6.95. The van der Waals surface area contributed by atoms with E-state index in [4.69, 9.17) is 4.74 Å². The van der Waals surface area contributed by atoms with Gasteiger partial charge in [-0.15, -0.1) is 0 Å². The average molecular weight is 544 g/mol. The molecule has 0 aliphatic carbocycles. The average Bonchev–Trinajstić information content (AvgIpc) is 3.46. The van der Waals surface area contributed by atoms with Gasteiger partial charge < -0.3 is 15.0 Å². The molecule has 8 nitrogen and oxygen atoms in total. The minimum absolute atomic E-state index is 0.138. The lowest BCUT2D eigenvalue weighted by Gasteiger charge is -2.29. The van der Waals surface area contributed by atoms with Crippen LogP contribution in [0.2, 0.25) is 0 Å². The summed E-state index contributed by atoms with van der Waals surface area (Å²) in [5.41, 5.74) is 1.77. The lowest BCUT2D eigenvalue weighted by atomic mass is 10.1. The minimum Gasteiger partial charge on any atom is -0.497 e. The van der Waals surface area contributed by atoms with Crippen molar-refractivity contribution in [3.05, 3.63) is 59.7 Å². The molecule has 0 saturated carbocycles. The van der Waals surface area contributed by atoms with Gasteiger partial charge in [0.25, 0.3) is 0 Å². The molecular weight excluding hydrogens is 502 g/mol. The second-order valence-corrected chi connectivity index (χ2v) is 12.2. The Kier molecular flexibility index (Phi) is 10.7. The Morgan fingerprint density at radius 1 is 0.974 bits per heavy atom. The summed E-state index contributed by atoms with van der Waals surface area (Å²) in [5.74, 6) is 0.880. The highest BCUT2D eigenvalue weighted by Gasteiger charge is 2.28. The Hall–Kier alpha value is -2.91. The molecule has 1 aliphatic rings. The van der Waals surface area contributed by atoms with E-state index in [9.17, 15) is 18.0 Å². The number of rotatable bonds is 13. The molecule has 1 heterocycles. The van der Waals surface area contributed by atoms with Gasteiger partial charge in [-0.25, -0.2) is 8.42 Å². The van der Waals surface area contributed by atoms with Crippen LogP contribution in [0, 0.1) is 5.92 Å². The molecular formula is C29H41N3O5S. The van der Waals surface area contributed by atoms with Crippen LogP contribution in [0.5, 0.6) is 5.75 Å². The van der Waals surface area contributed by atoms with Crippen molar-refractivity contribution in [2.45, 2.75) is 70.4 Å². The molecule has 208 valence electrons. The van der Waals surface area contributed by atoms with Crippen LogP contribution < -0.4 is 10.1 Å².